The minimum atomic E-state index is -0.231. The molecule has 5 rings (SSSR count). The van der Waals surface area contributed by atoms with Gasteiger partial charge in [0, 0.05) is 49.4 Å². The standard InChI is InChI=1S/C28H32N8O3/c1-19-2-4-20(5-3-19)28(39)36-13-11-35(12-14-36)27-24(32-26(38)18-29-10-15-37)8-9-25(33-27)31-22-6-7-23-21(16-22)17-30-34-23/h2-9,16-17,29,37H,10-15,18H2,1H3,(H,30,34)(H,31,33)(H,32,38). The van der Waals surface area contributed by atoms with Crippen molar-refractivity contribution < 1.29 is 14.7 Å². The van der Waals surface area contributed by atoms with Crippen LogP contribution in [0.5, 0.6) is 0 Å². The average molecular weight is 529 g/mol. The van der Waals surface area contributed by atoms with Crippen molar-refractivity contribution in [2.24, 2.45) is 0 Å². The molecular weight excluding hydrogens is 496 g/mol. The molecule has 2 aromatic carbocycles. The van der Waals surface area contributed by atoms with Crippen molar-refractivity contribution >= 4 is 45.7 Å². The topological polar surface area (TPSA) is 139 Å². The molecular formula is C28H32N8O3. The first-order chi connectivity index (χ1) is 19.0. The first kappa shape index (κ1) is 26.1. The van der Waals surface area contributed by atoms with Crippen molar-refractivity contribution in [3.8, 4) is 0 Å². The number of aromatic nitrogens is 3. The lowest BCUT2D eigenvalue weighted by Gasteiger charge is -2.36. The molecule has 0 aliphatic carbocycles. The van der Waals surface area contributed by atoms with Gasteiger partial charge in [-0.05, 0) is 49.4 Å². The molecule has 0 radical (unpaired) electrons. The van der Waals surface area contributed by atoms with Gasteiger partial charge >= 0.3 is 0 Å². The number of hydrogen-bond donors (Lipinski definition) is 5. The normalized spacial score (nSPS) is 13.5. The zero-order valence-corrected chi connectivity index (χ0v) is 21.8. The van der Waals surface area contributed by atoms with Crippen molar-refractivity contribution in [2.75, 3.05) is 61.4 Å². The average Bonchev–Trinajstić information content (AvgIpc) is 3.42. The first-order valence-electron chi connectivity index (χ1n) is 12.9. The molecule has 3 heterocycles. The van der Waals surface area contributed by atoms with Gasteiger partial charge in [-0.2, -0.15) is 5.10 Å². The summed E-state index contributed by atoms with van der Waals surface area (Å²) in [6, 6.07) is 17.1. The van der Waals surface area contributed by atoms with Crippen molar-refractivity contribution in [2.45, 2.75) is 6.92 Å². The third-order valence-corrected chi connectivity index (χ3v) is 6.60. The maximum Gasteiger partial charge on any atom is 0.253 e. The Hall–Kier alpha value is -4.48. The molecule has 4 aromatic rings. The van der Waals surface area contributed by atoms with Crippen molar-refractivity contribution in [1.82, 2.24) is 25.4 Å². The number of anilines is 4. The lowest BCUT2D eigenvalue weighted by molar-refractivity contribution is -0.115. The smallest absolute Gasteiger partial charge is 0.253 e. The van der Waals surface area contributed by atoms with Crippen LogP contribution < -0.4 is 20.9 Å². The Morgan fingerprint density at radius 2 is 1.82 bits per heavy atom. The van der Waals surface area contributed by atoms with Crippen LogP contribution in [-0.2, 0) is 4.79 Å². The SMILES string of the molecule is Cc1ccc(C(=O)N2CCN(c3nc(Nc4ccc5[nH]ncc5c4)ccc3NC(=O)CNCCO)CC2)cc1. The highest BCUT2D eigenvalue weighted by Crippen LogP contribution is 2.29. The van der Waals surface area contributed by atoms with Crippen LogP contribution in [0.4, 0.5) is 23.0 Å². The number of aromatic amines is 1. The van der Waals surface area contributed by atoms with E-state index < -0.39 is 0 Å². The Balaban J connectivity index is 1.33. The highest BCUT2D eigenvalue weighted by molar-refractivity contribution is 5.96. The summed E-state index contributed by atoms with van der Waals surface area (Å²) < 4.78 is 0. The zero-order valence-electron chi connectivity index (χ0n) is 21.8. The van der Waals surface area contributed by atoms with Gasteiger partial charge in [-0.25, -0.2) is 4.98 Å². The van der Waals surface area contributed by atoms with Crippen LogP contribution in [0.1, 0.15) is 15.9 Å². The molecule has 2 amide bonds. The summed E-state index contributed by atoms with van der Waals surface area (Å²) in [5, 5.41) is 26.1. The highest BCUT2D eigenvalue weighted by atomic mass is 16.3. The summed E-state index contributed by atoms with van der Waals surface area (Å²) in [5.41, 5.74) is 4.18. The van der Waals surface area contributed by atoms with E-state index in [1.807, 2.05) is 66.4 Å². The predicted molar refractivity (Wildman–Crippen MR) is 151 cm³/mol. The summed E-state index contributed by atoms with van der Waals surface area (Å²) >= 11 is 0. The number of rotatable bonds is 9. The zero-order chi connectivity index (χ0) is 27.2. The molecule has 0 saturated carbocycles. The molecule has 1 fully saturated rings. The maximum atomic E-state index is 13.0. The third kappa shape index (κ3) is 6.33. The molecule has 39 heavy (non-hydrogen) atoms. The number of aliphatic hydroxyl groups is 1. The summed E-state index contributed by atoms with van der Waals surface area (Å²) in [4.78, 5) is 34.3. The molecule has 1 saturated heterocycles. The number of nitrogens with one attached hydrogen (secondary N) is 4. The minimum Gasteiger partial charge on any atom is -0.395 e. The Morgan fingerprint density at radius 3 is 2.59 bits per heavy atom. The van der Waals surface area contributed by atoms with E-state index >= 15 is 0 Å². The van der Waals surface area contributed by atoms with Gasteiger partial charge in [0.25, 0.3) is 5.91 Å². The summed E-state index contributed by atoms with van der Waals surface area (Å²) in [5.74, 6) is 1.03. The molecule has 0 atom stereocenters. The molecule has 11 nitrogen and oxygen atoms in total. The molecule has 1 aliphatic rings. The fourth-order valence-electron chi connectivity index (χ4n) is 4.50. The maximum absolute atomic E-state index is 13.0. The number of benzene rings is 2. The molecule has 202 valence electrons. The van der Waals surface area contributed by atoms with E-state index in [2.05, 4.69) is 31.0 Å². The second kappa shape index (κ2) is 11.9. The number of nitrogens with zero attached hydrogens (tertiary/aromatic N) is 4. The van der Waals surface area contributed by atoms with Gasteiger partial charge < -0.3 is 30.9 Å². The van der Waals surface area contributed by atoms with Crippen molar-refractivity contribution in [1.29, 1.82) is 0 Å². The minimum absolute atomic E-state index is 0.0103. The van der Waals surface area contributed by atoms with Crippen molar-refractivity contribution in [3.63, 3.8) is 0 Å². The van der Waals surface area contributed by atoms with Crippen LogP contribution >= 0.6 is 0 Å². The number of pyridine rings is 1. The van der Waals surface area contributed by atoms with E-state index in [0.29, 0.717) is 55.6 Å². The molecule has 11 heteroatoms. The van der Waals surface area contributed by atoms with E-state index in [4.69, 9.17) is 10.1 Å². The molecule has 2 aromatic heterocycles. The number of hydrogen-bond acceptors (Lipinski definition) is 8. The lowest BCUT2D eigenvalue weighted by Crippen LogP contribution is -2.49. The Bertz CT molecular complexity index is 1440. The molecule has 0 unspecified atom stereocenters. The number of amides is 2. The van der Waals surface area contributed by atoms with Crippen LogP contribution in [0.3, 0.4) is 0 Å². The lowest BCUT2D eigenvalue weighted by atomic mass is 10.1. The van der Waals surface area contributed by atoms with Crippen LogP contribution in [0.15, 0.2) is 60.8 Å². The number of H-pyrrole nitrogens is 1. The van der Waals surface area contributed by atoms with Crippen LogP contribution in [0.25, 0.3) is 10.9 Å². The van der Waals surface area contributed by atoms with E-state index in [-0.39, 0.29) is 25.0 Å². The Kier molecular flexibility index (Phi) is 7.99. The summed E-state index contributed by atoms with van der Waals surface area (Å²) in [6.45, 7) is 4.57. The fraction of sp³-hybridized carbons (Fsp3) is 0.286. The first-order valence-corrected chi connectivity index (χ1v) is 12.9. The second-order valence-electron chi connectivity index (χ2n) is 9.46. The number of carbonyl (C=O) groups excluding carboxylic acids is 2. The Labute approximate surface area is 226 Å². The number of piperazine rings is 1. The quantitative estimate of drug-likeness (QED) is 0.209. The summed E-state index contributed by atoms with van der Waals surface area (Å²) in [7, 11) is 0. The van der Waals surface area contributed by atoms with Crippen molar-refractivity contribution in [3.05, 3.63) is 71.9 Å². The van der Waals surface area contributed by atoms with E-state index in [0.717, 1.165) is 22.2 Å². The van der Waals surface area contributed by atoms with Gasteiger partial charge in [0.1, 0.15) is 5.82 Å². The van der Waals surface area contributed by atoms with Gasteiger partial charge in [0.2, 0.25) is 5.91 Å². The number of aryl methyl sites for hydroxylation is 1. The number of fused-ring (bicyclic) bond motifs is 1. The number of carbonyl (C=O) groups is 2. The molecule has 5 N–H and O–H groups in total. The molecule has 1 aliphatic heterocycles. The predicted octanol–water partition coefficient (Wildman–Crippen LogP) is 2.49. The molecule has 0 bridgehead atoms. The van der Waals surface area contributed by atoms with Crippen LogP contribution in [0, 0.1) is 6.92 Å². The monoisotopic (exact) mass is 528 g/mol. The molecule has 0 spiro atoms. The van der Waals surface area contributed by atoms with Gasteiger partial charge in [-0.1, -0.05) is 17.7 Å². The van der Waals surface area contributed by atoms with Gasteiger partial charge in [0.15, 0.2) is 5.82 Å². The van der Waals surface area contributed by atoms with Gasteiger partial charge in [-0.15, -0.1) is 0 Å². The van der Waals surface area contributed by atoms with E-state index in [9.17, 15) is 9.59 Å². The largest absolute Gasteiger partial charge is 0.395 e. The van der Waals surface area contributed by atoms with Gasteiger partial charge in [0.05, 0.1) is 30.6 Å². The Morgan fingerprint density at radius 1 is 1.03 bits per heavy atom. The third-order valence-electron chi connectivity index (χ3n) is 6.60. The van der Waals surface area contributed by atoms with E-state index in [1.54, 1.807) is 6.20 Å². The fourth-order valence-corrected chi connectivity index (χ4v) is 4.50. The number of aliphatic hydroxyl groups excluding tert-OH is 1. The van der Waals surface area contributed by atoms with Crippen LogP contribution in [-0.4, -0.2) is 82.9 Å². The summed E-state index contributed by atoms with van der Waals surface area (Å²) in [6.07, 6.45) is 1.76. The highest BCUT2D eigenvalue weighted by Gasteiger charge is 2.25. The van der Waals surface area contributed by atoms with Crippen LogP contribution in [0.2, 0.25) is 0 Å². The van der Waals surface area contributed by atoms with E-state index in [1.165, 1.54) is 0 Å². The second-order valence-corrected chi connectivity index (χ2v) is 9.46. The van der Waals surface area contributed by atoms with Gasteiger partial charge in [-0.3, -0.25) is 14.7 Å².